The third kappa shape index (κ3) is 4.87. The summed E-state index contributed by atoms with van der Waals surface area (Å²) in [5, 5.41) is 11.1. The number of rotatable bonds is 6. The molecule has 0 heterocycles. The summed E-state index contributed by atoms with van der Waals surface area (Å²) in [6.07, 6.45) is -1.58. The number of nitrogens with one attached hydrogen (secondary N) is 1. The van der Waals surface area contributed by atoms with Crippen LogP contribution in [0.2, 0.25) is 0 Å². The van der Waals surface area contributed by atoms with Gasteiger partial charge in [0.05, 0.1) is 0 Å². The smallest absolute Gasteiger partial charge is 0.407 e. The largest absolute Gasteiger partial charge is 0.445 e. The van der Waals surface area contributed by atoms with Crippen molar-refractivity contribution in [3.63, 3.8) is 0 Å². The second-order valence-electron chi connectivity index (χ2n) is 3.54. The van der Waals surface area contributed by atoms with Crippen molar-refractivity contribution in [3.05, 3.63) is 35.9 Å². The third-order valence-corrected chi connectivity index (χ3v) is 3.96. The average Bonchev–Trinajstić information content (AvgIpc) is 2.43. The number of amides is 1. The molecule has 1 atom stereocenters. The lowest BCUT2D eigenvalue weighted by atomic mass is 10.2. The molecule has 0 aliphatic carbocycles. The Labute approximate surface area is 105 Å². The van der Waals surface area contributed by atoms with Crippen molar-refractivity contribution in [1.82, 2.24) is 5.32 Å². The van der Waals surface area contributed by atoms with Gasteiger partial charge < -0.3 is 19.7 Å². The van der Waals surface area contributed by atoms with E-state index in [4.69, 9.17) is 9.84 Å². The normalized spacial score (nSPS) is 13.7. The van der Waals surface area contributed by atoms with Gasteiger partial charge in [-0.1, -0.05) is 30.3 Å². The number of ether oxygens (including phenoxy) is 1. The molecule has 0 spiro atoms. The van der Waals surface area contributed by atoms with Gasteiger partial charge in [0.15, 0.2) is 0 Å². The standard InChI is InChI=1S/C11H16NO5P/c1-16-18(15,9-13)8-12-11(14)17-7-10-5-3-2-4-6-10/h2-6,13H,7-9H2,1H3,(H,12,14). The Bertz CT molecular complexity index is 415. The summed E-state index contributed by atoms with van der Waals surface area (Å²) in [5.74, 6) is 0. The van der Waals surface area contributed by atoms with Gasteiger partial charge in [-0.15, -0.1) is 0 Å². The highest BCUT2D eigenvalue weighted by molar-refractivity contribution is 7.58. The van der Waals surface area contributed by atoms with E-state index in [1.807, 2.05) is 30.3 Å². The highest BCUT2D eigenvalue weighted by Gasteiger charge is 2.21. The number of aliphatic hydroxyl groups excluding tert-OH is 1. The van der Waals surface area contributed by atoms with Gasteiger partial charge in [-0.05, 0) is 5.56 Å². The molecular weight excluding hydrogens is 257 g/mol. The topological polar surface area (TPSA) is 84.9 Å². The lowest BCUT2D eigenvalue weighted by Crippen LogP contribution is -2.26. The zero-order chi connectivity index (χ0) is 13.4. The van der Waals surface area contributed by atoms with E-state index in [1.165, 1.54) is 7.11 Å². The summed E-state index contributed by atoms with van der Waals surface area (Å²) in [6.45, 7) is 0.128. The van der Waals surface area contributed by atoms with Gasteiger partial charge >= 0.3 is 6.09 Å². The molecule has 0 bridgehead atoms. The molecule has 1 amide bonds. The summed E-state index contributed by atoms with van der Waals surface area (Å²) >= 11 is 0. The fourth-order valence-corrected chi connectivity index (χ4v) is 1.85. The van der Waals surface area contributed by atoms with Gasteiger partial charge in [0.2, 0.25) is 7.37 Å². The SMILES string of the molecule is COP(=O)(CO)CNC(=O)OCc1ccccc1. The van der Waals surface area contributed by atoms with Gasteiger partial charge in [0, 0.05) is 7.11 Å². The van der Waals surface area contributed by atoms with Crippen LogP contribution in [0.3, 0.4) is 0 Å². The Morgan fingerprint density at radius 3 is 2.61 bits per heavy atom. The summed E-state index contributed by atoms with van der Waals surface area (Å²) in [6, 6.07) is 9.17. The van der Waals surface area contributed by atoms with Crippen molar-refractivity contribution in [3.8, 4) is 0 Å². The van der Waals surface area contributed by atoms with Crippen molar-refractivity contribution >= 4 is 13.5 Å². The quantitative estimate of drug-likeness (QED) is 0.771. The Hall–Kier alpha value is -1.36. The molecule has 1 aromatic carbocycles. The Kier molecular flexibility index (Phi) is 5.85. The van der Waals surface area contributed by atoms with Crippen molar-refractivity contribution < 1.29 is 23.7 Å². The van der Waals surface area contributed by atoms with E-state index in [-0.39, 0.29) is 12.9 Å². The summed E-state index contributed by atoms with van der Waals surface area (Å²) in [4.78, 5) is 11.3. The van der Waals surface area contributed by atoms with E-state index in [1.54, 1.807) is 0 Å². The zero-order valence-electron chi connectivity index (χ0n) is 10.0. The molecule has 0 aromatic heterocycles. The minimum atomic E-state index is -3.19. The Balaban J connectivity index is 2.32. The molecule has 0 radical (unpaired) electrons. The third-order valence-electron chi connectivity index (χ3n) is 2.23. The van der Waals surface area contributed by atoms with Crippen LogP contribution < -0.4 is 5.32 Å². The monoisotopic (exact) mass is 273 g/mol. The molecule has 0 aliphatic heterocycles. The van der Waals surface area contributed by atoms with E-state index < -0.39 is 19.8 Å². The predicted octanol–water partition coefficient (Wildman–Crippen LogP) is 1.74. The number of alkyl carbamates (subject to hydrolysis) is 1. The van der Waals surface area contributed by atoms with Crippen LogP contribution in [0, 0.1) is 0 Å². The fraction of sp³-hybridized carbons (Fsp3) is 0.364. The molecule has 7 heteroatoms. The van der Waals surface area contributed by atoms with Crippen molar-refractivity contribution in [2.75, 3.05) is 19.7 Å². The molecule has 0 saturated heterocycles. The first-order chi connectivity index (χ1) is 8.59. The average molecular weight is 273 g/mol. The first kappa shape index (κ1) is 14.7. The number of carbonyl (C=O) groups excluding carboxylic acids is 1. The molecule has 18 heavy (non-hydrogen) atoms. The first-order valence-electron chi connectivity index (χ1n) is 5.29. The summed E-state index contributed by atoms with van der Waals surface area (Å²) in [5.41, 5.74) is 0.852. The maximum atomic E-state index is 11.6. The number of benzene rings is 1. The summed E-state index contributed by atoms with van der Waals surface area (Å²) in [7, 11) is -1.97. The van der Waals surface area contributed by atoms with Crippen LogP contribution in [0.1, 0.15) is 5.56 Å². The minimum Gasteiger partial charge on any atom is -0.445 e. The second kappa shape index (κ2) is 7.16. The lowest BCUT2D eigenvalue weighted by Gasteiger charge is -2.13. The Morgan fingerprint density at radius 2 is 2.06 bits per heavy atom. The van der Waals surface area contributed by atoms with Crippen LogP contribution in [-0.4, -0.2) is 30.9 Å². The van der Waals surface area contributed by atoms with Gasteiger partial charge in [-0.25, -0.2) is 4.79 Å². The van der Waals surface area contributed by atoms with Crippen LogP contribution in [0.25, 0.3) is 0 Å². The molecule has 2 N–H and O–H groups in total. The van der Waals surface area contributed by atoms with E-state index in [9.17, 15) is 9.36 Å². The van der Waals surface area contributed by atoms with Crippen LogP contribution in [-0.2, 0) is 20.4 Å². The molecule has 0 fully saturated rings. The van der Waals surface area contributed by atoms with Crippen molar-refractivity contribution in [2.24, 2.45) is 0 Å². The lowest BCUT2D eigenvalue weighted by molar-refractivity contribution is 0.140. The number of hydrogen-bond acceptors (Lipinski definition) is 5. The number of carbonyl (C=O) groups is 1. The Morgan fingerprint density at radius 1 is 1.39 bits per heavy atom. The molecule has 1 unspecified atom stereocenters. The van der Waals surface area contributed by atoms with Gasteiger partial charge in [0.1, 0.15) is 19.2 Å². The summed E-state index contributed by atoms with van der Waals surface area (Å²) < 4.78 is 21.1. The maximum absolute atomic E-state index is 11.6. The van der Waals surface area contributed by atoms with Gasteiger partial charge in [-0.3, -0.25) is 4.57 Å². The molecule has 100 valence electrons. The fourth-order valence-electron chi connectivity index (χ4n) is 1.13. The van der Waals surface area contributed by atoms with E-state index in [2.05, 4.69) is 9.84 Å². The number of hydrogen-bond donors (Lipinski definition) is 2. The molecule has 0 aliphatic rings. The van der Waals surface area contributed by atoms with Crippen LogP contribution >= 0.6 is 7.37 Å². The van der Waals surface area contributed by atoms with Gasteiger partial charge in [0.25, 0.3) is 0 Å². The van der Waals surface area contributed by atoms with E-state index in [0.717, 1.165) is 5.56 Å². The highest BCUT2D eigenvalue weighted by Crippen LogP contribution is 2.42. The van der Waals surface area contributed by atoms with E-state index >= 15 is 0 Å². The first-order valence-corrected chi connectivity index (χ1v) is 7.28. The molecular formula is C11H16NO5P. The van der Waals surface area contributed by atoms with Crippen LogP contribution in [0.4, 0.5) is 4.79 Å². The zero-order valence-corrected chi connectivity index (χ0v) is 10.9. The van der Waals surface area contributed by atoms with Gasteiger partial charge in [-0.2, -0.15) is 0 Å². The van der Waals surface area contributed by atoms with Crippen LogP contribution in [0.5, 0.6) is 0 Å². The highest BCUT2D eigenvalue weighted by atomic mass is 31.2. The molecule has 6 nitrogen and oxygen atoms in total. The van der Waals surface area contributed by atoms with Crippen LogP contribution in [0.15, 0.2) is 30.3 Å². The molecule has 1 rings (SSSR count). The predicted molar refractivity (Wildman–Crippen MR) is 66.3 cm³/mol. The number of aliphatic hydroxyl groups is 1. The maximum Gasteiger partial charge on any atom is 0.407 e. The van der Waals surface area contributed by atoms with E-state index in [0.29, 0.717) is 0 Å². The second-order valence-corrected chi connectivity index (χ2v) is 6.13. The molecule has 0 saturated carbocycles. The molecule has 1 aromatic rings. The van der Waals surface area contributed by atoms with Crippen molar-refractivity contribution in [2.45, 2.75) is 6.61 Å². The minimum absolute atomic E-state index is 0.128. The van der Waals surface area contributed by atoms with Crippen molar-refractivity contribution in [1.29, 1.82) is 0 Å².